The van der Waals surface area contributed by atoms with Gasteiger partial charge in [0.2, 0.25) is 5.96 Å². The van der Waals surface area contributed by atoms with Crippen molar-refractivity contribution in [1.82, 2.24) is 16.0 Å². The number of amides is 2. The summed E-state index contributed by atoms with van der Waals surface area (Å²) in [5.74, 6) is 0.155. The maximum atomic E-state index is 12.5. The lowest BCUT2D eigenvalue weighted by Crippen LogP contribution is -2.64. The first-order chi connectivity index (χ1) is 14.7. The molecule has 3 atom stereocenters. The molecule has 1 aliphatic heterocycles. The minimum atomic E-state index is -2.14. The van der Waals surface area contributed by atoms with E-state index in [1.807, 2.05) is 0 Å². The first-order valence-electron chi connectivity index (χ1n) is 11.3. The third-order valence-corrected chi connectivity index (χ3v) is 9.84. The molecule has 0 aromatic rings. The highest BCUT2D eigenvalue weighted by molar-refractivity contribution is 6.74. The normalized spacial score (nSPS) is 20.8. The minimum absolute atomic E-state index is 0.0348. The zero-order valence-corrected chi connectivity index (χ0v) is 23.1. The fraction of sp³-hybridized carbons (Fsp3) is 0.864. The number of rotatable bonds is 5. The largest absolute Gasteiger partial charge is 0.444 e. The molecule has 10 nitrogen and oxygen atoms in total. The Hall–Kier alpha value is -1.85. The summed E-state index contributed by atoms with van der Waals surface area (Å²) >= 11 is 0. The molecule has 4 N–H and O–H groups in total. The fourth-order valence-electron chi connectivity index (χ4n) is 2.65. The van der Waals surface area contributed by atoms with Gasteiger partial charge in [-0.05, 0) is 59.7 Å². The number of aliphatic hydroxyl groups excluding tert-OH is 1. The van der Waals surface area contributed by atoms with E-state index in [1.165, 1.54) is 0 Å². The molecule has 11 heteroatoms. The van der Waals surface area contributed by atoms with Gasteiger partial charge in [0.15, 0.2) is 8.32 Å². The van der Waals surface area contributed by atoms with Crippen LogP contribution in [-0.4, -0.2) is 74.1 Å². The van der Waals surface area contributed by atoms with E-state index in [9.17, 15) is 14.7 Å². The lowest BCUT2D eigenvalue weighted by atomic mass is 10.0. The number of hydrogen-bond acceptors (Lipinski definition) is 8. The maximum Gasteiger partial charge on any atom is 0.414 e. The van der Waals surface area contributed by atoms with Crippen molar-refractivity contribution in [3.05, 3.63) is 0 Å². The van der Waals surface area contributed by atoms with Crippen LogP contribution in [0.3, 0.4) is 0 Å². The van der Waals surface area contributed by atoms with E-state index in [-0.39, 0.29) is 24.1 Å². The Morgan fingerprint density at radius 3 is 2.06 bits per heavy atom. The highest BCUT2D eigenvalue weighted by Gasteiger charge is 2.40. The molecule has 0 radical (unpaired) electrons. The number of nitrogens with one attached hydrogen (secondary N) is 3. The summed E-state index contributed by atoms with van der Waals surface area (Å²) in [6.07, 6.45) is -2.21. The van der Waals surface area contributed by atoms with Crippen molar-refractivity contribution in [2.24, 2.45) is 4.99 Å². The van der Waals surface area contributed by atoms with Crippen LogP contribution in [0.15, 0.2) is 4.99 Å². The number of hydrogen-bond donors (Lipinski definition) is 4. The van der Waals surface area contributed by atoms with Gasteiger partial charge >= 0.3 is 12.2 Å². The molecule has 0 aliphatic carbocycles. The van der Waals surface area contributed by atoms with Gasteiger partial charge in [0.05, 0.1) is 31.3 Å². The summed E-state index contributed by atoms with van der Waals surface area (Å²) in [7, 11) is -2.14. The number of carbonyl (C=O) groups excluding carboxylic acids is 2. The van der Waals surface area contributed by atoms with Gasteiger partial charge in [-0.25, -0.2) is 9.59 Å². The molecular formula is C22H44N4O6Si. The van der Waals surface area contributed by atoms with Gasteiger partial charge in [0.25, 0.3) is 0 Å². The highest BCUT2D eigenvalue weighted by Crippen LogP contribution is 2.36. The minimum Gasteiger partial charge on any atom is -0.444 e. The average Bonchev–Trinajstić information content (AvgIpc) is 2.56. The summed E-state index contributed by atoms with van der Waals surface area (Å²) in [6, 6.07) is -1.32. The van der Waals surface area contributed by atoms with Crippen LogP contribution < -0.4 is 16.0 Å². The van der Waals surface area contributed by atoms with Gasteiger partial charge in [-0.1, -0.05) is 20.8 Å². The predicted octanol–water partition coefficient (Wildman–Crippen LogP) is 3.11. The van der Waals surface area contributed by atoms with E-state index < -0.39 is 49.9 Å². The third kappa shape index (κ3) is 10.3. The summed E-state index contributed by atoms with van der Waals surface area (Å²) in [6.45, 7) is 21.4. The van der Waals surface area contributed by atoms with Crippen molar-refractivity contribution in [2.75, 3.05) is 13.2 Å². The molecule has 0 aromatic heterocycles. The Kier molecular flexibility index (Phi) is 9.38. The number of guanidine groups is 1. The molecule has 1 unspecified atom stereocenters. The van der Waals surface area contributed by atoms with Crippen molar-refractivity contribution in [3.8, 4) is 0 Å². The Morgan fingerprint density at radius 1 is 1.06 bits per heavy atom. The van der Waals surface area contributed by atoms with Crippen LogP contribution in [0.4, 0.5) is 9.59 Å². The summed E-state index contributed by atoms with van der Waals surface area (Å²) in [5.41, 5.74) is -1.35. The molecule has 192 valence electrons. The Labute approximate surface area is 199 Å². The SMILES string of the molecule is CC(C)(C)OC(=O)NC1=NCC(O)[C@H]([C@@H](CO[Si](C)(C)C(C)(C)C)NC(=O)OC(C)(C)C)N1. The number of ether oxygens (including phenoxy) is 2. The van der Waals surface area contributed by atoms with Gasteiger partial charge in [0, 0.05) is 0 Å². The number of alkyl carbamates (subject to hydrolysis) is 2. The van der Waals surface area contributed by atoms with Gasteiger partial charge in [-0.3, -0.25) is 10.3 Å². The zero-order valence-electron chi connectivity index (χ0n) is 22.1. The fourth-order valence-corrected chi connectivity index (χ4v) is 3.68. The van der Waals surface area contributed by atoms with Crippen molar-refractivity contribution in [1.29, 1.82) is 0 Å². The van der Waals surface area contributed by atoms with Gasteiger partial charge < -0.3 is 29.6 Å². The first-order valence-corrected chi connectivity index (χ1v) is 14.2. The molecule has 33 heavy (non-hydrogen) atoms. The van der Waals surface area contributed by atoms with Crippen LogP contribution in [0, 0.1) is 0 Å². The standard InChI is InChI=1S/C22H44N4O6Si/c1-20(2,3)31-18(28)24-14(13-30-33(10,11)22(7,8)9)16-15(27)12-23-17(25-16)26-19(29)32-21(4,5)6/h14-16,27H,12-13H2,1-11H3,(H,24,28)(H2,23,25,26,29)/t14-,15?,16+/m1/s1. The molecule has 0 fully saturated rings. The zero-order chi connectivity index (χ0) is 25.8. The van der Waals surface area contributed by atoms with Crippen LogP contribution in [-0.2, 0) is 13.9 Å². The number of carbonyl (C=O) groups is 2. The molecule has 1 heterocycles. The summed E-state index contributed by atoms with van der Waals surface area (Å²) in [4.78, 5) is 28.9. The molecule has 1 aliphatic rings. The van der Waals surface area contributed by atoms with E-state index in [1.54, 1.807) is 41.5 Å². The second kappa shape index (κ2) is 10.6. The van der Waals surface area contributed by atoms with Crippen LogP contribution in [0.5, 0.6) is 0 Å². The molecule has 0 spiro atoms. The number of aliphatic imine (C=N–C) groups is 1. The first kappa shape index (κ1) is 29.2. The molecule has 0 aromatic carbocycles. The quantitative estimate of drug-likeness (QED) is 0.437. The van der Waals surface area contributed by atoms with Crippen molar-refractivity contribution in [2.45, 2.75) is 110 Å². The molecular weight excluding hydrogens is 444 g/mol. The van der Waals surface area contributed by atoms with Crippen LogP contribution in [0.2, 0.25) is 18.1 Å². The second-order valence-electron chi connectivity index (χ2n) is 11.9. The van der Waals surface area contributed by atoms with E-state index in [4.69, 9.17) is 13.9 Å². The molecule has 1 rings (SSSR count). The third-order valence-electron chi connectivity index (χ3n) is 5.34. The van der Waals surface area contributed by atoms with Crippen molar-refractivity contribution >= 4 is 26.5 Å². The smallest absolute Gasteiger partial charge is 0.414 e. The average molecular weight is 489 g/mol. The van der Waals surface area contributed by atoms with Crippen molar-refractivity contribution in [3.63, 3.8) is 0 Å². The topological polar surface area (TPSA) is 131 Å². The molecule has 0 saturated heterocycles. The van der Waals surface area contributed by atoms with Gasteiger partial charge in [-0.15, -0.1) is 0 Å². The highest BCUT2D eigenvalue weighted by atomic mass is 28.4. The van der Waals surface area contributed by atoms with E-state index in [0.29, 0.717) is 0 Å². The predicted molar refractivity (Wildman–Crippen MR) is 131 cm³/mol. The van der Waals surface area contributed by atoms with E-state index in [2.05, 4.69) is 54.8 Å². The molecule has 0 saturated carbocycles. The monoisotopic (exact) mass is 488 g/mol. The van der Waals surface area contributed by atoms with E-state index >= 15 is 0 Å². The Morgan fingerprint density at radius 2 is 1.58 bits per heavy atom. The molecule has 0 bridgehead atoms. The van der Waals surface area contributed by atoms with Crippen LogP contribution in [0.1, 0.15) is 62.3 Å². The van der Waals surface area contributed by atoms with Gasteiger partial charge in [0.1, 0.15) is 11.2 Å². The lowest BCUT2D eigenvalue weighted by molar-refractivity contribution is 0.0406. The van der Waals surface area contributed by atoms with Crippen molar-refractivity contribution < 1.29 is 28.6 Å². The van der Waals surface area contributed by atoms with Crippen LogP contribution in [0.25, 0.3) is 0 Å². The summed E-state index contributed by atoms with van der Waals surface area (Å²) in [5, 5.41) is 19.0. The van der Waals surface area contributed by atoms with Gasteiger partial charge in [-0.2, -0.15) is 0 Å². The number of aliphatic hydroxyl groups is 1. The van der Waals surface area contributed by atoms with Crippen LogP contribution >= 0.6 is 0 Å². The lowest BCUT2D eigenvalue weighted by Gasteiger charge is -2.40. The second-order valence-corrected chi connectivity index (χ2v) is 16.7. The Balaban J connectivity index is 3.03. The summed E-state index contributed by atoms with van der Waals surface area (Å²) < 4.78 is 17.0. The number of nitrogens with zero attached hydrogens (tertiary/aromatic N) is 1. The maximum absolute atomic E-state index is 12.5. The molecule has 2 amide bonds. The Bertz CT molecular complexity index is 722. The van der Waals surface area contributed by atoms with E-state index in [0.717, 1.165) is 0 Å².